The Hall–Kier alpha value is -2.67. The molecule has 0 radical (unpaired) electrons. The molecule has 1 saturated heterocycles. The summed E-state index contributed by atoms with van der Waals surface area (Å²) in [6, 6.07) is 4.88. The van der Waals surface area contributed by atoms with Crippen LogP contribution in [0.15, 0.2) is 52.2 Å². The minimum atomic E-state index is -0.244. The Morgan fingerprint density at radius 2 is 2.12 bits per heavy atom. The quantitative estimate of drug-likeness (QED) is 0.384. The second-order valence-electron chi connectivity index (χ2n) is 5.97. The number of hydrogen-bond acceptors (Lipinski definition) is 5. The number of fused-ring (bicyclic) bond motifs is 2. The molecule has 7 heteroatoms. The summed E-state index contributed by atoms with van der Waals surface area (Å²) in [6.07, 6.45) is 5.71. The highest BCUT2D eigenvalue weighted by atomic mass is 79.9. The number of halogens is 1. The number of ether oxygens (including phenoxy) is 1. The first-order chi connectivity index (χ1) is 12.0. The fraction of sp³-hybridized carbons (Fsp3) is 0.167. The third-order valence-electron chi connectivity index (χ3n) is 4.55. The number of Topliss-reactive ketones (excluding diaryl/α,β-unsaturated/α-hetero) is 1. The molecule has 0 aromatic heterocycles. The first-order valence-electron chi connectivity index (χ1n) is 7.69. The number of nitrogens with one attached hydrogen (secondary N) is 3. The fourth-order valence-corrected chi connectivity index (χ4v) is 3.77. The lowest BCUT2D eigenvalue weighted by molar-refractivity contribution is -0.116. The van der Waals surface area contributed by atoms with Crippen molar-refractivity contribution in [3.8, 4) is 0 Å². The maximum Gasteiger partial charge on any atom is 0.250 e. The normalized spacial score (nSPS) is 26.6. The van der Waals surface area contributed by atoms with Crippen LogP contribution in [0.2, 0.25) is 0 Å². The van der Waals surface area contributed by atoms with Crippen LogP contribution in [0, 0.1) is 11.3 Å². The molecule has 1 aromatic rings. The lowest BCUT2D eigenvalue weighted by Crippen LogP contribution is -2.27. The van der Waals surface area contributed by atoms with Crippen molar-refractivity contribution >= 4 is 39.2 Å². The second kappa shape index (κ2) is 5.70. The maximum absolute atomic E-state index is 12.9. The van der Waals surface area contributed by atoms with Crippen LogP contribution in [0.3, 0.4) is 0 Å². The van der Waals surface area contributed by atoms with E-state index in [1.807, 2.05) is 18.2 Å². The van der Waals surface area contributed by atoms with E-state index in [0.29, 0.717) is 28.1 Å². The number of carbonyl (C=O) groups is 2. The molecular weight excluding hydrogens is 386 g/mol. The number of anilines is 1. The van der Waals surface area contributed by atoms with Gasteiger partial charge in [0.1, 0.15) is 0 Å². The van der Waals surface area contributed by atoms with Crippen molar-refractivity contribution in [2.24, 2.45) is 5.92 Å². The van der Waals surface area contributed by atoms with Crippen molar-refractivity contribution in [1.29, 1.82) is 5.41 Å². The van der Waals surface area contributed by atoms with E-state index in [2.05, 4.69) is 26.6 Å². The number of hydrogen-bond donors (Lipinski definition) is 3. The molecule has 1 fully saturated rings. The smallest absolute Gasteiger partial charge is 0.250 e. The Balaban J connectivity index is 1.76. The summed E-state index contributed by atoms with van der Waals surface area (Å²) in [5, 5.41) is 13.7. The molecule has 3 aliphatic rings. The Morgan fingerprint density at radius 3 is 2.88 bits per heavy atom. The Kier molecular flexibility index (Phi) is 3.61. The molecule has 1 aliphatic carbocycles. The predicted molar refractivity (Wildman–Crippen MR) is 96.8 cm³/mol. The van der Waals surface area contributed by atoms with Crippen molar-refractivity contribution in [3.63, 3.8) is 0 Å². The lowest BCUT2D eigenvalue weighted by Gasteiger charge is -2.17. The van der Waals surface area contributed by atoms with Gasteiger partial charge in [0.2, 0.25) is 11.7 Å². The number of ketones is 1. The molecule has 0 bridgehead atoms. The van der Waals surface area contributed by atoms with Crippen molar-refractivity contribution in [2.75, 3.05) is 12.4 Å². The molecule has 2 unspecified atom stereocenters. The zero-order chi connectivity index (χ0) is 17.7. The fourth-order valence-electron chi connectivity index (χ4n) is 3.33. The van der Waals surface area contributed by atoms with Crippen LogP contribution in [0.4, 0.5) is 5.69 Å². The molecular formula is C18H14BrN3O3. The molecule has 6 nitrogen and oxygen atoms in total. The predicted octanol–water partition coefficient (Wildman–Crippen LogP) is 2.48. The van der Waals surface area contributed by atoms with E-state index < -0.39 is 0 Å². The summed E-state index contributed by atoms with van der Waals surface area (Å²) >= 11 is 3.40. The van der Waals surface area contributed by atoms with Crippen LogP contribution in [0.5, 0.6) is 0 Å². The van der Waals surface area contributed by atoms with Gasteiger partial charge >= 0.3 is 0 Å². The van der Waals surface area contributed by atoms with Gasteiger partial charge in [0.15, 0.2) is 0 Å². The summed E-state index contributed by atoms with van der Waals surface area (Å²) in [5.41, 5.74) is 2.34. The zero-order valence-corrected chi connectivity index (χ0v) is 14.8. The van der Waals surface area contributed by atoms with E-state index in [9.17, 15) is 9.59 Å². The van der Waals surface area contributed by atoms with Gasteiger partial charge in [-0.15, -0.1) is 0 Å². The van der Waals surface area contributed by atoms with Gasteiger partial charge in [-0.2, -0.15) is 0 Å². The number of benzene rings is 1. The highest BCUT2D eigenvalue weighted by Gasteiger charge is 2.41. The standard InChI is InChI=1S/C18H14BrN3O3/c1-25-17(20)8-2-5-12-11(6-8)16(23)15(21-12)14-10-4-3-9(19)7-13(10)22-18(14)24/h2-7,10,13,20-21H,1H3,(H,22,24)/b15-14-,20-17?. The first kappa shape index (κ1) is 15.8. The summed E-state index contributed by atoms with van der Waals surface area (Å²) < 4.78 is 5.81. The largest absolute Gasteiger partial charge is 0.481 e. The van der Waals surface area contributed by atoms with Gasteiger partial charge in [0, 0.05) is 27.2 Å². The molecule has 4 rings (SSSR count). The Labute approximate surface area is 152 Å². The summed E-state index contributed by atoms with van der Waals surface area (Å²) in [6.45, 7) is 0. The zero-order valence-electron chi connectivity index (χ0n) is 13.2. The lowest BCUT2D eigenvalue weighted by atomic mass is 9.90. The molecule has 25 heavy (non-hydrogen) atoms. The average Bonchev–Trinajstić information content (AvgIpc) is 3.09. The number of amides is 1. The van der Waals surface area contributed by atoms with Crippen LogP contribution in [-0.4, -0.2) is 30.7 Å². The highest BCUT2D eigenvalue weighted by molar-refractivity contribution is 9.11. The Bertz CT molecular complexity index is 929. The van der Waals surface area contributed by atoms with Crippen molar-refractivity contribution in [3.05, 3.63) is 63.3 Å². The van der Waals surface area contributed by atoms with E-state index >= 15 is 0 Å². The molecule has 0 saturated carbocycles. The number of carbonyl (C=O) groups excluding carboxylic acids is 2. The van der Waals surface area contributed by atoms with E-state index in [0.717, 1.165) is 4.48 Å². The van der Waals surface area contributed by atoms with Gasteiger partial charge in [0.05, 0.1) is 24.4 Å². The van der Waals surface area contributed by atoms with Crippen LogP contribution in [0.25, 0.3) is 0 Å². The molecule has 2 heterocycles. The van der Waals surface area contributed by atoms with Gasteiger partial charge in [-0.05, 0) is 24.3 Å². The van der Waals surface area contributed by atoms with Crippen molar-refractivity contribution in [1.82, 2.24) is 5.32 Å². The summed E-state index contributed by atoms with van der Waals surface area (Å²) in [7, 11) is 1.41. The van der Waals surface area contributed by atoms with Crippen LogP contribution in [-0.2, 0) is 9.53 Å². The molecule has 1 aromatic carbocycles. The van der Waals surface area contributed by atoms with Crippen LogP contribution in [0.1, 0.15) is 15.9 Å². The van der Waals surface area contributed by atoms with Crippen molar-refractivity contribution in [2.45, 2.75) is 6.04 Å². The van der Waals surface area contributed by atoms with E-state index in [1.165, 1.54) is 7.11 Å². The average molecular weight is 400 g/mol. The number of methoxy groups -OCH3 is 1. The van der Waals surface area contributed by atoms with Gasteiger partial charge in [0.25, 0.3) is 5.91 Å². The summed E-state index contributed by atoms with van der Waals surface area (Å²) in [4.78, 5) is 25.3. The topological polar surface area (TPSA) is 91.3 Å². The monoisotopic (exact) mass is 399 g/mol. The van der Waals surface area contributed by atoms with E-state index in [1.54, 1.807) is 18.2 Å². The van der Waals surface area contributed by atoms with Gasteiger partial charge in [-0.1, -0.05) is 28.1 Å². The highest BCUT2D eigenvalue weighted by Crippen LogP contribution is 2.38. The second-order valence-corrected chi connectivity index (χ2v) is 6.89. The van der Waals surface area contributed by atoms with Gasteiger partial charge in [-0.3, -0.25) is 15.0 Å². The molecule has 126 valence electrons. The number of allylic oxidation sites excluding steroid dienone is 3. The third-order valence-corrected chi connectivity index (χ3v) is 5.08. The van der Waals surface area contributed by atoms with Crippen LogP contribution >= 0.6 is 15.9 Å². The van der Waals surface area contributed by atoms with E-state index in [-0.39, 0.29) is 29.5 Å². The van der Waals surface area contributed by atoms with E-state index in [4.69, 9.17) is 10.1 Å². The minimum absolute atomic E-state index is 0.0134. The van der Waals surface area contributed by atoms with Crippen molar-refractivity contribution < 1.29 is 14.3 Å². The van der Waals surface area contributed by atoms with Crippen LogP contribution < -0.4 is 10.6 Å². The molecule has 0 spiro atoms. The number of rotatable bonds is 1. The summed E-state index contributed by atoms with van der Waals surface area (Å²) in [5.74, 6) is -0.688. The van der Waals surface area contributed by atoms with Gasteiger partial charge in [-0.25, -0.2) is 0 Å². The Morgan fingerprint density at radius 1 is 1.32 bits per heavy atom. The molecule has 2 aliphatic heterocycles. The first-order valence-corrected chi connectivity index (χ1v) is 8.48. The SMILES string of the molecule is COC(=N)c1ccc2c(c1)C(=O)/C(=C1/C(=O)NC3C=C(Br)C=CC13)N2. The van der Waals surface area contributed by atoms with Gasteiger partial charge < -0.3 is 15.4 Å². The third kappa shape index (κ3) is 2.42. The minimum Gasteiger partial charge on any atom is -0.481 e. The molecule has 3 N–H and O–H groups in total. The maximum atomic E-state index is 12.9. The molecule has 1 amide bonds. The molecule has 2 atom stereocenters.